The van der Waals surface area contributed by atoms with Crippen molar-refractivity contribution in [2.75, 3.05) is 6.54 Å². The highest BCUT2D eigenvalue weighted by molar-refractivity contribution is 6.33. The third kappa shape index (κ3) is 3.42. The van der Waals surface area contributed by atoms with Gasteiger partial charge < -0.3 is 9.84 Å². The van der Waals surface area contributed by atoms with Gasteiger partial charge in [0.15, 0.2) is 0 Å². The van der Waals surface area contributed by atoms with E-state index in [0.717, 1.165) is 19.3 Å². The first kappa shape index (κ1) is 18.7. The zero-order valence-corrected chi connectivity index (χ0v) is 16.2. The molecule has 6 heteroatoms. The lowest BCUT2D eigenvalue weighted by atomic mass is 9.83. The van der Waals surface area contributed by atoms with Crippen LogP contribution in [0.25, 0.3) is 11.3 Å². The van der Waals surface area contributed by atoms with Crippen LogP contribution >= 0.6 is 11.6 Å². The number of rotatable bonds is 4. The number of amides is 1. The summed E-state index contributed by atoms with van der Waals surface area (Å²) in [6.45, 7) is 2.14. The van der Waals surface area contributed by atoms with E-state index in [1.54, 1.807) is 13.0 Å². The highest BCUT2D eigenvalue weighted by Crippen LogP contribution is 2.34. The second-order valence-electron chi connectivity index (χ2n) is 7.06. The fraction of sp³-hybridized carbons (Fsp3) is 0.273. The van der Waals surface area contributed by atoms with Gasteiger partial charge in [-0.1, -0.05) is 47.1 Å². The predicted molar refractivity (Wildman–Crippen MR) is 106 cm³/mol. The average molecular weight is 399 g/mol. The Labute approximate surface area is 167 Å². The number of aryl methyl sites for hydroxylation is 2. The van der Waals surface area contributed by atoms with Crippen molar-refractivity contribution in [1.29, 1.82) is 0 Å². The summed E-state index contributed by atoms with van der Waals surface area (Å²) in [5.74, 6) is -0.294. The van der Waals surface area contributed by atoms with Gasteiger partial charge in [-0.25, -0.2) is 4.39 Å². The number of halogens is 2. The van der Waals surface area contributed by atoms with E-state index in [4.69, 9.17) is 16.1 Å². The van der Waals surface area contributed by atoms with E-state index in [1.807, 2.05) is 12.1 Å². The van der Waals surface area contributed by atoms with Crippen LogP contribution in [0.4, 0.5) is 4.39 Å². The van der Waals surface area contributed by atoms with E-state index in [1.165, 1.54) is 23.3 Å². The van der Waals surface area contributed by atoms with E-state index in [2.05, 4.69) is 22.6 Å². The zero-order valence-electron chi connectivity index (χ0n) is 15.5. The standard InChI is InChI=1S/C22H20ClFN2O2/c1-13-19(21(26-28-13)20-17(23)10-5-11-18(20)24)22(27)25-12-15-8-4-7-14-6-2-3-9-16(14)15/h2-3,5-6,9-11,15H,4,7-8,12H2,1H3,(H,25,27). The summed E-state index contributed by atoms with van der Waals surface area (Å²) < 4.78 is 19.5. The van der Waals surface area contributed by atoms with Crippen LogP contribution in [0.5, 0.6) is 0 Å². The molecular formula is C22H20ClFN2O2. The van der Waals surface area contributed by atoms with Crippen LogP contribution in [-0.2, 0) is 6.42 Å². The topological polar surface area (TPSA) is 55.1 Å². The second kappa shape index (κ2) is 7.76. The van der Waals surface area contributed by atoms with Crippen LogP contribution in [0.1, 0.15) is 46.0 Å². The number of carbonyl (C=O) groups is 1. The Morgan fingerprint density at radius 1 is 1.29 bits per heavy atom. The lowest BCUT2D eigenvalue weighted by molar-refractivity contribution is 0.0949. The van der Waals surface area contributed by atoms with Gasteiger partial charge in [-0.15, -0.1) is 0 Å². The van der Waals surface area contributed by atoms with E-state index in [0.29, 0.717) is 12.3 Å². The summed E-state index contributed by atoms with van der Waals surface area (Å²) in [6, 6.07) is 12.7. The van der Waals surface area contributed by atoms with Crippen molar-refractivity contribution in [1.82, 2.24) is 10.5 Å². The molecule has 0 saturated carbocycles. The summed E-state index contributed by atoms with van der Waals surface area (Å²) >= 11 is 6.15. The van der Waals surface area contributed by atoms with Gasteiger partial charge >= 0.3 is 0 Å². The van der Waals surface area contributed by atoms with Gasteiger partial charge in [0.2, 0.25) is 0 Å². The highest BCUT2D eigenvalue weighted by Gasteiger charge is 2.27. The maximum absolute atomic E-state index is 14.3. The summed E-state index contributed by atoms with van der Waals surface area (Å²) in [4.78, 5) is 12.9. The van der Waals surface area contributed by atoms with E-state index in [-0.39, 0.29) is 33.7 Å². The van der Waals surface area contributed by atoms with Crippen LogP contribution in [0, 0.1) is 12.7 Å². The Bertz CT molecular complexity index is 1010. The number of carbonyl (C=O) groups excluding carboxylic acids is 1. The molecule has 0 radical (unpaired) electrons. The second-order valence-corrected chi connectivity index (χ2v) is 7.46. The fourth-order valence-electron chi connectivity index (χ4n) is 3.91. The molecule has 1 N–H and O–H groups in total. The smallest absolute Gasteiger partial charge is 0.257 e. The molecule has 1 atom stereocenters. The van der Waals surface area contributed by atoms with Crippen molar-refractivity contribution in [2.24, 2.45) is 0 Å². The number of nitrogens with zero attached hydrogens (tertiary/aromatic N) is 1. The zero-order chi connectivity index (χ0) is 19.7. The Morgan fingerprint density at radius 2 is 2.11 bits per heavy atom. The van der Waals surface area contributed by atoms with Crippen molar-refractivity contribution in [3.8, 4) is 11.3 Å². The minimum Gasteiger partial charge on any atom is -0.360 e. The van der Waals surface area contributed by atoms with Gasteiger partial charge in [0.1, 0.15) is 22.8 Å². The number of benzene rings is 2. The predicted octanol–water partition coefficient (Wildman–Crippen LogP) is 5.29. The van der Waals surface area contributed by atoms with Crippen molar-refractivity contribution in [3.05, 3.63) is 75.8 Å². The van der Waals surface area contributed by atoms with Crippen molar-refractivity contribution < 1.29 is 13.7 Å². The average Bonchev–Trinajstić information content (AvgIpc) is 3.07. The summed E-state index contributed by atoms with van der Waals surface area (Å²) in [5.41, 5.74) is 3.05. The molecule has 1 unspecified atom stereocenters. The van der Waals surface area contributed by atoms with Gasteiger partial charge in [-0.05, 0) is 49.4 Å². The number of hydrogen-bond acceptors (Lipinski definition) is 3. The molecule has 1 aliphatic rings. The molecule has 28 heavy (non-hydrogen) atoms. The van der Waals surface area contributed by atoms with Crippen molar-refractivity contribution >= 4 is 17.5 Å². The summed E-state index contributed by atoms with van der Waals surface area (Å²) in [7, 11) is 0. The van der Waals surface area contributed by atoms with Gasteiger partial charge in [0.25, 0.3) is 5.91 Å². The SMILES string of the molecule is Cc1onc(-c2c(F)cccc2Cl)c1C(=O)NCC1CCCc2ccccc21. The molecule has 0 bridgehead atoms. The van der Waals surface area contributed by atoms with Crippen molar-refractivity contribution in [2.45, 2.75) is 32.1 Å². The highest BCUT2D eigenvalue weighted by atomic mass is 35.5. The number of nitrogens with one attached hydrogen (secondary N) is 1. The molecule has 1 aliphatic carbocycles. The Morgan fingerprint density at radius 3 is 2.93 bits per heavy atom. The molecule has 4 nitrogen and oxygen atoms in total. The molecule has 0 spiro atoms. The number of fused-ring (bicyclic) bond motifs is 1. The van der Waals surface area contributed by atoms with Crippen LogP contribution < -0.4 is 5.32 Å². The van der Waals surface area contributed by atoms with Crippen molar-refractivity contribution in [3.63, 3.8) is 0 Å². The maximum Gasteiger partial charge on any atom is 0.257 e. The van der Waals surface area contributed by atoms with Crippen LogP contribution in [0.3, 0.4) is 0 Å². The van der Waals surface area contributed by atoms with Crippen LogP contribution in [0.15, 0.2) is 47.0 Å². The fourth-order valence-corrected chi connectivity index (χ4v) is 4.16. The molecule has 0 aliphatic heterocycles. The van der Waals surface area contributed by atoms with Gasteiger partial charge in [-0.2, -0.15) is 0 Å². The van der Waals surface area contributed by atoms with Gasteiger partial charge in [0.05, 0.1) is 10.6 Å². The monoisotopic (exact) mass is 398 g/mol. The van der Waals surface area contributed by atoms with Gasteiger partial charge in [0, 0.05) is 12.5 Å². The van der Waals surface area contributed by atoms with E-state index >= 15 is 0 Å². The molecule has 3 aromatic rings. The molecule has 144 valence electrons. The van der Waals surface area contributed by atoms with E-state index < -0.39 is 5.82 Å². The quantitative estimate of drug-likeness (QED) is 0.649. The van der Waals surface area contributed by atoms with Crippen LogP contribution in [-0.4, -0.2) is 17.6 Å². The Hall–Kier alpha value is -2.66. The summed E-state index contributed by atoms with van der Waals surface area (Å²) in [6.07, 6.45) is 3.19. The number of aromatic nitrogens is 1. The molecule has 1 heterocycles. The molecule has 1 amide bonds. The maximum atomic E-state index is 14.3. The first-order valence-corrected chi connectivity index (χ1v) is 9.70. The molecule has 4 rings (SSSR count). The van der Waals surface area contributed by atoms with Gasteiger partial charge in [-0.3, -0.25) is 4.79 Å². The first-order chi connectivity index (χ1) is 13.6. The minimum absolute atomic E-state index is 0.0779. The molecule has 0 saturated heterocycles. The Balaban J connectivity index is 1.58. The molecule has 1 aromatic heterocycles. The largest absolute Gasteiger partial charge is 0.360 e. The third-order valence-electron chi connectivity index (χ3n) is 5.29. The Kier molecular flexibility index (Phi) is 5.18. The number of hydrogen-bond donors (Lipinski definition) is 1. The first-order valence-electron chi connectivity index (χ1n) is 9.33. The lowest BCUT2D eigenvalue weighted by Crippen LogP contribution is -2.30. The molecular weight excluding hydrogens is 379 g/mol. The normalized spacial score (nSPS) is 15.9. The minimum atomic E-state index is -0.545. The van der Waals surface area contributed by atoms with Crippen LogP contribution in [0.2, 0.25) is 5.02 Å². The lowest BCUT2D eigenvalue weighted by Gasteiger charge is -2.25. The third-order valence-corrected chi connectivity index (χ3v) is 5.61. The molecule has 2 aromatic carbocycles. The van der Waals surface area contributed by atoms with E-state index in [9.17, 15) is 9.18 Å². The summed E-state index contributed by atoms with van der Waals surface area (Å²) in [5, 5.41) is 7.06. The molecule has 0 fully saturated rings.